The maximum Gasteiger partial charge on any atom is 0.419 e. The molecule has 3 aromatic rings. The fourth-order valence-corrected chi connectivity index (χ4v) is 2.33. The Kier molecular flexibility index (Phi) is 3.25. The summed E-state index contributed by atoms with van der Waals surface area (Å²) in [6.45, 7) is 0. The number of nitrogens with zero attached hydrogens (tertiary/aromatic N) is 1. The highest BCUT2D eigenvalue weighted by molar-refractivity contribution is 9.10. The van der Waals surface area contributed by atoms with Crippen LogP contribution in [0.25, 0.3) is 11.1 Å². The number of oxazole rings is 1. The minimum Gasteiger partial charge on any atom is -0.408 e. The van der Waals surface area contributed by atoms with Crippen molar-refractivity contribution in [1.29, 1.82) is 0 Å². The first-order chi connectivity index (χ1) is 9.97. The summed E-state index contributed by atoms with van der Waals surface area (Å²) < 4.78 is 20.2. The third kappa shape index (κ3) is 2.31. The lowest BCUT2D eigenvalue weighted by molar-refractivity contribution is 0.103. The summed E-state index contributed by atoms with van der Waals surface area (Å²) in [5, 5.41) is 0. The number of hydrogen-bond acceptors (Lipinski definition) is 3. The molecule has 106 valence electrons. The van der Waals surface area contributed by atoms with Gasteiger partial charge in [0.25, 0.3) is 0 Å². The summed E-state index contributed by atoms with van der Waals surface area (Å²) >= 11 is 3.04. The predicted octanol–water partition coefficient (Wildman–Crippen LogP) is 3.26. The molecule has 6 heteroatoms. The topological polar surface area (TPSA) is 52.2 Å². The lowest BCUT2D eigenvalue weighted by Gasteiger charge is -2.02. The Bertz CT molecular complexity index is 926. The van der Waals surface area contributed by atoms with Gasteiger partial charge in [0, 0.05) is 18.2 Å². The van der Waals surface area contributed by atoms with Gasteiger partial charge in [0.2, 0.25) is 0 Å². The Morgan fingerprint density at radius 2 is 1.86 bits per heavy atom. The fraction of sp³-hybridized carbons (Fsp3) is 0.0667. The first-order valence-corrected chi connectivity index (χ1v) is 6.86. The van der Waals surface area contributed by atoms with Crippen molar-refractivity contribution in [2.24, 2.45) is 7.05 Å². The van der Waals surface area contributed by atoms with Crippen molar-refractivity contribution < 1.29 is 13.6 Å². The number of hydrogen-bond donors (Lipinski definition) is 0. The van der Waals surface area contributed by atoms with Crippen LogP contribution in [0.15, 0.2) is 50.1 Å². The molecule has 3 rings (SSSR count). The van der Waals surface area contributed by atoms with Crippen LogP contribution < -0.4 is 5.76 Å². The molecular weight excluding hydrogens is 341 g/mol. The molecule has 2 aromatic carbocycles. The van der Waals surface area contributed by atoms with Crippen molar-refractivity contribution in [1.82, 2.24) is 4.57 Å². The minimum absolute atomic E-state index is 0.230. The molecule has 0 atom stereocenters. The van der Waals surface area contributed by atoms with Gasteiger partial charge >= 0.3 is 5.76 Å². The van der Waals surface area contributed by atoms with Crippen LogP contribution in [0.5, 0.6) is 0 Å². The van der Waals surface area contributed by atoms with Crippen LogP contribution >= 0.6 is 15.9 Å². The van der Waals surface area contributed by atoms with Crippen molar-refractivity contribution in [2.45, 2.75) is 0 Å². The summed E-state index contributed by atoms with van der Waals surface area (Å²) in [5.41, 5.74) is 1.48. The number of benzene rings is 2. The Hall–Kier alpha value is -2.21. The van der Waals surface area contributed by atoms with Crippen molar-refractivity contribution in [3.05, 3.63) is 68.4 Å². The standard InChI is InChI=1S/C15H9BrFNO3/c1-18-12-5-3-9(7-13(12)21-15(18)20)14(19)8-2-4-10(16)11(17)6-8/h2-7H,1H3. The SMILES string of the molecule is Cn1c(=O)oc2cc(C(=O)c3ccc(Br)c(F)c3)ccc21. The van der Waals surface area contributed by atoms with E-state index in [0.29, 0.717) is 21.1 Å². The van der Waals surface area contributed by atoms with Crippen molar-refractivity contribution in [3.8, 4) is 0 Å². The second kappa shape index (κ2) is 4.96. The Balaban J connectivity index is 2.09. The summed E-state index contributed by atoms with van der Waals surface area (Å²) in [5.74, 6) is -1.34. The van der Waals surface area contributed by atoms with E-state index in [1.807, 2.05) is 0 Å². The number of rotatable bonds is 2. The van der Waals surface area contributed by atoms with Crippen LogP contribution in [0.1, 0.15) is 15.9 Å². The smallest absolute Gasteiger partial charge is 0.408 e. The van der Waals surface area contributed by atoms with E-state index in [0.717, 1.165) is 6.07 Å². The summed E-state index contributed by atoms with van der Waals surface area (Å²) in [4.78, 5) is 23.8. The summed E-state index contributed by atoms with van der Waals surface area (Å²) in [6.07, 6.45) is 0. The zero-order valence-corrected chi connectivity index (χ0v) is 12.5. The molecular formula is C15H9BrFNO3. The largest absolute Gasteiger partial charge is 0.419 e. The molecule has 0 spiro atoms. The van der Waals surface area contributed by atoms with Gasteiger partial charge < -0.3 is 4.42 Å². The van der Waals surface area contributed by atoms with Crippen LogP contribution in [-0.2, 0) is 7.05 Å². The van der Waals surface area contributed by atoms with E-state index < -0.39 is 11.6 Å². The minimum atomic E-state index is -0.506. The number of ketones is 1. The molecule has 0 aliphatic rings. The fourth-order valence-electron chi connectivity index (χ4n) is 2.08. The van der Waals surface area contributed by atoms with E-state index in [4.69, 9.17) is 4.42 Å². The van der Waals surface area contributed by atoms with Gasteiger partial charge in [0.1, 0.15) is 5.82 Å². The Labute approximate surface area is 126 Å². The van der Waals surface area contributed by atoms with Crippen molar-refractivity contribution in [3.63, 3.8) is 0 Å². The quantitative estimate of drug-likeness (QED) is 0.667. The molecule has 0 saturated carbocycles. The lowest BCUT2D eigenvalue weighted by atomic mass is 10.0. The van der Waals surface area contributed by atoms with Crippen LogP contribution in [0, 0.1) is 5.82 Å². The maximum atomic E-state index is 13.5. The maximum absolute atomic E-state index is 13.5. The van der Waals surface area contributed by atoms with Gasteiger partial charge in [-0.1, -0.05) is 0 Å². The molecule has 0 bridgehead atoms. The normalized spacial score (nSPS) is 11.0. The van der Waals surface area contributed by atoms with E-state index in [2.05, 4.69) is 15.9 Å². The third-order valence-electron chi connectivity index (χ3n) is 3.24. The molecule has 0 fully saturated rings. The van der Waals surface area contributed by atoms with Crippen LogP contribution in [0.4, 0.5) is 4.39 Å². The molecule has 0 saturated heterocycles. The average Bonchev–Trinajstić information content (AvgIpc) is 2.76. The van der Waals surface area contributed by atoms with E-state index >= 15 is 0 Å². The van der Waals surface area contributed by atoms with Crippen LogP contribution in [0.2, 0.25) is 0 Å². The first-order valence-electron chi connectivity index (χ1n) is 6.06. The molecule has 21 heavy (non-hydrogen) atoms. The number of fused-ring (bicyclic) bond motifs is 1. The second-order valence-electron chi connectivity index (χ2n) is 4.57. The van der Waals surface area contributed by atoms with Gasteiger partial charge in [-0.15, -0.1) is 0 Å². The molecule has 0 aliphatic heterocycles. The van der Waals surface area contributed by atoms with Gasteiger partial charge in [-0.05, 0) is 52.3 Å². The van der Waals surface area contributed by atoms with Crippen molar-refractivity contribution in [2.75, 3.05) is 0 Å². The second-order valence-corrected chi connectivity index (χ2v) is 5.42. The number of carbonyl (C=O) groups is 1. The monoisotopic (exact) mass is 349 g/mol. The van der Waals surface area contributed by atoms with E-state index in [1.54, 1.807) is 19.2 Å². The molecule has 1 heterocycles. The lowest BCUT2D eigenvalue weighted by Crippen LogP contribution is -2.08. The molecule has 4 nitrogen and oxygen atoms in total. The Morgan fingerprint density at radius 3 is 2.57 bits per heavy atom. The third-order valence-corrected chi connectivity index (χ3v) is 3.88. The van der Waals surface area contributed by atoms with Gasteiger partial charge in [-0.25, -0.2) is 9.18 Å². The number of aromatic nitrogens is 1. The zero-order chi connectivity index (χ0) is 15.1. The van der Waals surface area contributed by atoms with Crippen LogP contribution in [0.3, 0.4) is 0 Å². The van der Waals surface area contributed by atoms with Crippen LogP contribution in [-0.4, -0.2) is 10.4 Å². The highest BCUT2D eigenvalue weighted by Gasteiger charge is 2.14. The molecule has 0 unspecified atom stereocenters. The average molecular weight is 350 g/mol. The molecule has 0 radical (unpaired) electrons. The van der Waals surface area contributed by atoms with E-state index in [1.165, 1.54) is 22.8 Å². The van der Waals surface area contributed by atoms with Gasteiger partial charge in [0.15, 0.2) is 11.4 Å². The molecule has 0 amide bonds. The number of halogens is 2. The molecule has 1 aromatic heterocycles. The Morgan fingerprint density at radius 1 is 1.19 bits per heavy atom. The van der Waals surface area contributed by atoms with Gasteiger partial charge in [-0.2, -0.15) is 0 Å². The van der Waals surface area contributed by atoms with E-state index in [9.17, 15) is 14.0 Å². The van der Waals surface area contributed by atoms with Gasteiger partial charge in [-0.3, -0.25) is 9.36 Å². The summed E-state index contributed by atoms with van der Waals surface area (Å²) in [7, 11) is 1.58. The van der Waals surface area contributed by atoms with Crippen molar-refractivity contribution >= 4 is 32.8 Å². The highest BCUT2D eigenvalue weighted by Crippen LogP contribution is 2.20. The summed E-state index contributed by atoms with van der Waals surface area (Å²) in [6, 6.07) is 8.86. The predicted molar refractivity (Wildman–Crippen MR) is 79.0 cm³/mol. The first kappa shape index (κ1) is 13.8. The number of aryl methyl sites for hydroxylation is 1. The van der Waals surface area contributed by atoms with Gasteiger partial charge in [0.05, 0.1) is 9.99 Å². The zero-order valence-electron chi connectivity index (χ0n) is 10.9. The molecule has 0 N–H and O–H groups in total. The molecule has 0 aliphatic carbocycles. The highest BCUT2D eigenvalue weighted by atomic mass is 79.9. The number of carbonyl (C=O) groups excluding carboxylic acids is 1. The van der Waals surface area contributed by atoms with E-state index in [-0.39, 0.29) is 11.3 Å².